The summed E-state index contributed by atoms with van der Waals surface area (Å²) >= 11 is 6.11. The minimum Gasteiger partial charge on any atom is -0.339 e. The molecule has 0 spiro atoms. The van der Waals surface area contributed by atoms with E-state index in [4.69, 9.17) is 11.6 Å². The van der Waals surface area contributed by atoms with Gasteiger partial charge in [0, 0.05) is 36.8 Å². The number of piperazine rings is 1. The number of hydrogen-bond donors (Lipinski definition) is 0. The van der Waals surface area contributed by atoms with E-state index in [0.717, 1.165) is 5.56 Å². The summed E-state index contributed by atoms with van der Waals surface area (Å²) < 4.78 is 13.7. The van der Waals surface area contributed by atoms with Crippen LogP contribution in [0.3, 0.4) is 0 Å². The second kappa shape index (κ2) is 7.87. The van der Waals surface area contributed by atoms with Gasteiger partial charge in [0.1, 0.15) is 5.82 Å². The highest BCUT2D eigenvalue weighted by Crippen LogP contribution is 2.17. The first-order valence-electron chi connectivity index (χ1n) is 8.52. The molecule has 0 unspecified atom stereocenters. The third-order valence-electron chi connectivity index (χ3n) is 4.64. The summed E-state index contributed by atoms with van der Waals surface area (Å²) in [5, 5.41) is 0.580. The summed E-state index contributed by atoms with van der Waals surface area (Å²) in [6, 6.07) is 11.8. The molecule has 0 bridgehead atoms. The monoisotopic (exact) mass is 374 g/mol. The maximum Gasteiger partial charge on any atom is 0.254 e. The molecule has 2 aromatic rings. The van der Waals surface area contributed by atoms with Gasteiger partial charge in [0.05, 0.1) is 6.42 Å². The van der Waals surface area contributed by atoms with E-state index in [9.17, 15) is 14.0 Å². The van der Waals surface area contributed by atoms with Gasteiger partial charge in [-0.05, 0) is 36.2 Å². The first kappa shape index (κ1) is 18.4. The molecule has 1 fully saturated rings. The molecule has 0 aliphatic carbocycles. The van der Waals surface area contributed by atoms with E-state index in [1.165, 1.54) is 6.07 Å². The first-order valence-corrected chi connectivity index (χ1v) is 8.90. The average molecular weight is 375 g/mol. The predicted molar refractivity (Wildman–Crippen MR) is 98.8 cm³/mol. The molecule has 0 atom stereocenters. The van der Waals surface area contributed by atoms with Crippen molar-refractivity contribution in [1.29, 1.82) is 0 Å². The van der Waals surface area contributed by atoms with Crippen LogP contribution in [0.2, 0.25) is 5.02 Å². The third-order valence-corrected chi connectivity index (χ3v) is 5.01. The Bertz CT molecular complexity index is 832. The van der Waals surface area contributed by atoms with E-state index in [-0.39, 0.29) is 24.1 Å². The van der Waals surface area contributed by atoms with Gasteiger partial charge in [-0.15, -0.1) is 0 Å². The van der Waals surface area contributed by atoms with Crippen molar-refractivity contribution in [3.8, 4) is 0 Å². The molecule has 2 aromatic carbocycles. The van der Waals surface area contributed by atoms with Crippen LogP contribution in [-0.4, -0.2) is 47.8 Å². The number of carbonyl (C=O) groups excluding carboxylic acids is 2. The molecule has 1 aliphatic rings. The maximum absolute atomic E-state index is 13.7. The molecule has 0 saturated carbocycles. The first-order chi connectivity index (χ1) is 12.5. The molecule has 3 rings (SSSR count). The van der Waals surface area contributed by atoms with Crippen LogP contribution in [-0.2, 0) is 11.2 Å². The van der Waals surface area contributed by atoms with Crippen molar-refractivity contribution in [3.63, 3.8) is 0 Å². The van der Waals surface area contributed by atoms with E-state index in [1.54, 1.807) is 34.9 Å². The number of rotatable bonds is 3. The van der Waals surface area contributed by atoms with Crippen LogP contribution in [0.1, 0.15) is 21.5 Å². The van der Waals surface area contributed by atoms with Crippen LogP contribution in [0.15, 0.2) is 42.5 Å². The molecule has 0 aromatic heterocycles. The smallest absolute Gasteiger partial charge is 0.254 e. The van der Waals surface area contributed by atoms with Crippen molar-refractivity contribution >= 4 is 23.4 Å². The van der Waals surface area contributed by atoms with Crippen molar-refractivity contribution in [2.75, 3.05) is 26.2 Å². The van der Waals surface area contributed by atoms with E-state index >= 15 is 0 Å². The highest BCUT2D eigenvalue weighted by molar-refractivity contribution is 6.31. The summed E-state index contributed by atoms with van der Waals surface area (Å²) in [6.45, 7) is 3.45. The maximum atomic E-state index is 13.7. The number of nitrogens with zero attached hydrogens (tertiary/aromatic N) is 2. The molecule has 0 N–H and O–H groups in total. The van der Waals surface area contributed by atoms with Gasteiger partial charge in [0.15, 0.2) is 0 Å². The van der Waals surface area contributed by atoms with Crippen LogP contribution in [0.5, 0.6) is 0 Å². The Morgan fingerprint density at radius 3 is 2.35 bits per heavy atom. The van der Waals surface area contributed by atoms with Crippen molar-refractivity contribution < 1.29 is 14.0 Å². The lowest BCUT2D eigenvalue weighted by atomic mass is 10.1. The van der Waals surface area contributed by atoms with Crippen molar-refractivity contribution in [1.82, 2.24) is 9.80 Å². The highest BCUT2D eigenvalue weighted by atomic mass is 35.5. The molecule has 6 heteroatoms. The SMILES string of the molecule is Cc1ccc(C(=O)N2CCN(C(=O)Cc3ccccc3Cl)CC2)cc1F. The lowest BCUT2D eigenvalue weighted by Gasteiger charge is -2.35. The fourth-order valence-corrected chi connectivity index (χ4v) is 3.19. The summed E-state index contributed by atoms with van der Waals surface area (Å²) in [4.78, 5) is 28.4. The zero-order valence-electron chi connectivity index (χ0n) is 14.5. The van der Waals surface area contributed by atoms with Gasteiger partial charge < -0.3 is 9.80 Å². The molecule has 1 heterocycles. The highest BCUT2D eigenvalue weighted by Gasteiger charge is 2.25. The quantitative estimate of drug-likeness (QED) is 0.827. The number of amides is 2. The van der Waals surface area contributed by atoms with Crippen LogP contribution in [0.25, 0.3) is 0 Å². The number of halogens is 2. The molecule has 26 heavy (non-hydrogen) atoms. The molecule has 1 saturated heterocycles. The van der Waals surface area contributed by atoms with E-state index in [0.29, 0.717) is 42.3 Å². The number of hydrogen-bond acceptors (Lipinski definition) is 2. The number of carbonyl (C=O) groups is 2. The normalized spacial score (nSPS) is 14.4. The lowest BCUT2D eigenvalue weighted by molar-refractivity contribution is -0.131. The topological polar surface area (TPSA) is 40.6 Å². The minimum absolute atomic E-state index is 0.00780. The third kappa shape index (κ3) is 4.05. The average Bonchev–Trinajstić information content (AvgIpc) is 2.65. The fourth-order valence-electron chi connectivity index (χ4n) is 2.98. The number of benzene rings is 2. The largest absolute Gasteiger partial charge is 0.339 e. The van der Waals surface area contributed by atoms with Gasteiger partial charge in [-0.3, -0.25) is 9.59 Å². The van der Waals surface area contributed by atoms with Crippen LogP contribution in [0, 0.1) is 12.7 Å². The van der Waals surface area contributed by atoms with Gasteiger partial charge in [-0.1, -0.05) is 35.9 Å². The van der Waals surface area contributed by atoms with Gasteiger partial charge >= 0.3 is 0 Å². The zero-order valence-corrected chi connectivity index (χ0v) is 15.3. The number of aryl methyl sites for hydroxylation is 1. The predicted octanol–water partition coefficient (Wildman–Crippen LogP) is 3.31. The summed E-state index contributed by atoms with van der Waals surface area (Å²) in [5.41, 5.74) is 1.65. The summed E-state index contributed by atoms with van der Waals surface area (Å²) in [6.07, 6.45) is 0.247. The van der Waals surface area contributed by atoms with E-state index < -0.39 is 0 Å². The Kier molecular flexibility index (Phi) is 5.57. The van der Waals surface area contributed by atoms with Gasteiger partial charge in [-0.2, -0.15) is 0 Å². The second-order valence-corrected chi connectivity index (χ2v) is 6.81. The molecule has 0 radical (unpaired) electrons. The Hall–Kier alpha value is -2.40. The van der Waals surface area contributed by atoms with Gasteiger partial charge in [0.25, 0.3) is 5.91 Å². The molecule has 136 valence electrons. The Morgan fingerprint density at radius 1 is 1.04 bits per heavy atom. The van der Waals surface area contributed by atoms with E-state index in [1.807, 2.05) is 18.2 Å². The molecule has 4 nitrogen and oxygen atoms in total. The molecular formula is C20H20ClFN2O2. The van der Waals surface area contributed by atoms with Crippen LogP contribution in [0.4, 0.5) is 4.39 Å². The minimum atomic E-state index is -0.385. The summed E-state index contributed by atoms with van der Waals surface area (Å²) in [5.74, 6) is -0.599. The van der Waals surface area contributed by atoms with E-state index in [2.05, 4.69) is 0 Å². The Morgan fingerprint density at radius 2 is 1.69 bits per heavy atom. The Labute approximate surface area is 157 Å². The standard InChI is InChI=1S/C20H20ClFN2O2/c1-14-6-7-16(12-18(14)22)20(26)24-10-8-23(9-11-24)19(25)13-15-4-2-3-5-17(15)21/h2-7,12H,8-11,13H2,1H3. The van der Waals surface area contributed by atoms with Crippen molar-refractivity contribution in [2.45, 2.75) is 13.3 Å². The summed E-state index contributed by atoms with van der Waals surface area (Å²) in [7, 11) is 0. The molecule has 1 aliphatic heterocycles. The molecular weight excluding hydrogens is 355 g/mol. The van der Waals surface area contributed by atoms with Gasteiger partial charge in [-0.25, -0.2) is 4.39 Å². The fraction of sp³-hybridized carbons (Fsp3) is 0.300. The zero-order chi connectivity index (χ0) is 18.7. The molecule has 2 amide bonds. The van der Waals surface area contributed by atoms with Crippen LogP contribution >= 0.6 is 11.6 Å². The second-order valence-electron chi connectivity index (χ2n) is 6.41. The Balaban J connectivity index is 1.58. The van der Waals surface area contributed by atoms with Crippen molar-refractivity contribution in [2.24, 2.45) is 0 Å². The van der Waals surface area contributed by atoms with Crippen molar-refractivity contribution in [3.05, 3.63) is 70.0 Å². The lowest BCUT2D eigenvalue weighted by Crippen LogP contribution is -2.51. The van der Waals surface area contributed by atoms with Crippen LogP contribution < -0.4 is 0 Å². The van der Waals surface area contributed by atoms with Gasteiger partial charge in [0.2, 0.25) is 5.91 Å².